The maximum Gasteiger partial charge on any atom is 0.331 e. The van der Waals surface area contributed by atoms with Crippen molar-refractivity contribution in [2.24, 2.45) is 10.7 Å². The quantitative estimate of drug-likeness (QED) is 0.168. The molecule has 1 radical (unpaired) electrons. The van der Waals surface area contributed by atoms with Crippen molar-refractivity contribution in [3.05, 3.63) is 125 Å². The van der Waals surface area contributed by atoms with Gasteiger partial charge < -0.3 is 15.5 Å². The van der Waals surface area contributed by atoms with Crippen molar-refractivity contribution in [2.45, 2.75) is 51.9 Å². The Morgan fingerprint density at radius 3 is 2.03 bits per heavy atom. The normalized spacial score (nSPS) is 13.3. The van der Waals surface area contributed by atoms with Crippen LogP contribution in [0.3, 0.4) is 0 Å². The van der Waals surface area contributed by atoms with E-state index < -0.39 is 11.2 Å². The Balaban J connectivity index is 1.87. The molecular formula is C33H36BN2O2. The van der Waals surface area contributed by atoms with Gasteiger partial charge in [0.05, 0.1) is 11.2 Å². The second-order valence-electron chi connectivity index (χ2n) is 10.7. The zero-order valence-electron chi connectivity index (χ0n) is 22.8. The van der Waals surface area contributed by atoms with Crippen LogP contribution in [0, 0.1) is 6.92 Å². The van der Waals surface area contributed by atoms with Crippen molar-refractivity contribution in [2.75, 3.05) is 0 Å². The average Bonchev–Trinajstić information content (AvgIpc) is 2.91. The van der Waals surface area contributed by atoms with Crippen molar-refractivity contribution < 1.29 is 9.76 Å². The number of aliphatic hydroxyl groups is 1. The molecule has 4 rings (SSSR count). The fraction of sp³-hybridized carbons (Fsp3) is 0.242. The third-order valence-corrected chi connectivity index (χ3v) is 7.26. The van der Waals surface area contributed by atoms with Gasteiger partial charge in [0.1, 0.15) is 11.9 Å². The lowest BCUT2D eigenvalue weighted by Gasteiger charge is -2.37. The Hall–Kier alpha value is -3.67. The summed E-state index contributed by atoms with van der Waals surface area (Å²) in [5.41, 5.74) is 11.8. The molecule has 0 heterocycles. The van der Waals surface area contributed by atoms with E-state index in [2.05, 4.69) is 49.4 Å². The summed E-state index contributed by atoms with van der Waals surface area (Å²) in [6.45, 7) is 9.36. The largest absolute Gasteiger partial charge is 0.427 e. The Kier molecular flexibility index (Phi) is 8.20. The molecule has 193 valence electrons. The van der Waals surface area contributed by atoms with Gasteiger partial charge in [-0.15, -0.1) is 0 Å². The summed E-state index contributed by atoms with van der Waals surface area (Å²) in [5.74, 6) is 0.467. The number of hydrogen-bond acceptors (Lipinski definition) is 3. The van der Waals surface area contributed by atoms with Gasteiger partial charge in [0.2, 0.25) is 0 Å². The van der Waals surface area contributed by atoms with Gasteiger partial charge in [-0.1, -0.05) is 103 Å². The van der Waals surface area contributed by atoms with E-state index in [0.29, 0.717) is 5.84 Å². The lowest BCUT2D eigenvalue weighted by Crippen LogP contribution is -2.49. The van der Waals surface area contributed by atoms with Gasteiger partial charge in [0.25, 0.3) is 0 Å². The van der Waals surface area contributed by atoms with E-state index >= 15 is 0 Å². The van der Waals surface area contributed by atoms with Crippen LogP contribution in [0.1, 0.15) is 56.0 Å². The molecule has 0 aliphatic carbocycles. The first-order chi connectivity index (χ1) is 18.1. The van der Waals surface area contributed by atoms with Gasteiger partial charge in [-0.2, -0.15) is 0 Å². The number of nitrogens with zero attached hydrogens (tertiary/aromatic N) is 1. The summed E-state index contributed by atoms with van der Waals surface area (Å²) in [7, 11) is 1.75. The van der Waals surface area contributed by atoms with Crippen molar-refractivity contribution in [3.8, 4) is 11.1 Å². The molecule has 0 fully saturated rings. The summed E-state index contributed by atoms with van der Waals surface area (Å²) in [4.78, 5) is 5.07. The van der Waals surface area contributed by atoms with Crippen LogP contribution in [-0.4, -0.2) is 29.6 Å². The van der Waals surface area contributed by atoms with Crippen molar-refractivity contribution in [3.63, 3.8) is 0 Å². The van der Waals surface area contributed by atoms with Gasteiger partial charge in [-0.25, -0.2) is 0 Å². The number of aliphatic imine (C=N–C) groups is 1. The molecule has 0 spiro atoms. The number of hydrogen-bond donors (Lipinski definition) is 2. The minimum atomic E-state index is -1.05. The molecule has 0 amide bonds. The summed E-state index contributed by atoms with van der Waals surface area (Å²) in [6, 6.07) is 34.3. The Bertz CT molecular complexity index is 1390. The minimum absolute atomic E-state index is 0.360. The molecule has 1 unspecified atom stereocenters. The highest BCUT2D eigenvalue weighted by Crippen LogP contribution is 2.31. The second kappa shape index (κ2) is 11.4. The van der Waals surface area contributed by atoms with Crippen molar-refractivity contribution >= 4 is 18.8 Å². The molecule has 0 aliphatic rings. The van der Waals surface area contributed by atoms with Gasteiger partial charge in [0, 0.05) is 5.56 Å². The predicted octanol–water partition coefficient (Wildman–Crippen LogP) is 5.97. The maximum atomic E-state index is 10.7. The van der Waals surface area contributed by atoms with Gasteiger partial charge >= 0.3 is 7.48 Å². The first-order valence-corrected chi connectivity index (χ1v) is 12.9. The molecule has 4 aromatic carbocycles. The molecular weight excluding hydrogens is 467 g/mol. The van der Waals surface area contributed by atoms with Crippen LogP contribution in [0.25, 0.3) is 11.1 Å². The van der Waals surface area contributed by atoms with E-state index in [1.807, 2.05) is 74.5 Å². The number of amidine groups is 1. The monoisotopic (exact) mass is 503 g/mol. The first kappa shape index (κ1) is 27.4. The van der Waals surface area contributed by atoms with Crippen molar-refractivity contribution in [1.29, 1.82) is 0 Å². The number of aryl methyl sites for hydroxylation is 1. The van der Waals surface area contributed by atoms with E-state index in [-0.39, 0.29) is 6.04 Å². The summed E-state index contributed by atoms with van der Waals surface area (Å²) >= 11 is 0. The second-order valence-corrected chi connectivity index (χ2v) is 10.7. The molecule has 0 aromatic heterocycles. The molecule has 0 saturated carbocycles. The van der Waals surface area contributed by atoms with Crippen LogP contribution in [0.4, 0.5) is 0 Å². The molecule has 0 aliphatic heterocycles. The van der Waals surface area contributed by atoms with Crippen LogP contribution in [0.5, 0.6) is 0 Å². The van der Waals surface area contributed by atoms with Gasteiger partial charge in [-0.3, -0.25) is 4.99 Å². The lowest BCUT2D eigenvalue weighted by atomic mass is 9.76. The zero-order valence-corrected chi connectivity index (χ0v) is 22.8. The summed E-state index contributed by atoms with van der Waals surface area (Å²) in [5, 5.41) is 10.7. The number of nitrogens with two attached hydrogens (primary N) is 1. The zero-order chi connectivity index (χ0) is 27.3. The van der Waals surface area contributed by atoms with Crippen LogP contribution < -0.4 is 11.2 Å². The molecule has 4 aromatic rings. The van der Waals surface area contributed by atoms with Crippen LogP contribution in [0.15, 0.2) is 108 Å². The summed E-state index contributed by atoms with van der Waals surface area (Å²) < 4.78 is 6.26. The third-order valence-electron chi connectivity index (χ3n) is 7.26. The fourth-order valence-corrected chi connectivity index (χ4v) is 4.11. The number of rotatable bonds is 9. The first-order valence-electron chi connectivity index (χ1n) is 12.9. The Morgan fingerprint density at radius 2 is 1.39 bits per heavy atom. The highest BCUT2D eigenvalue weighted by atomic mass is 16.5. The number of benzene rings is 4. The predicted molar refractivity (Wildman–Crippen MR) is 159 cm³/mol. The van der Waals surface area contributed by atoms with E-state index in [1.54, 1.807) is 21.3 Å². The van der Waals surface area contributed by atoms with E-state index in [0.717, 1.165) is 38.8 Å². The fourth-order valence-electron chi connectivity index (χ4n) is 4.11. The third kappa shape index (κ3) is 6.24. The molecule has 3 N–H and O–H groups in total. The SMILES string of the molecule is Cc1ccccc1C(N=C(N)c1ccccc1)c1ccc(-c2ccccc2)cc1[B]OC(C)(C)C(C)(C)O. The van der Waals surface area contributed by atoms with Crippen LogP contribution >= 0.6 is 0 Å². The Morgan fingerprint density at radius 1 is 0.789 bits per heavy atom. The minimum Gasteiger partial charge on any atom is -0.427 e. The topological polar surface area (TPSA) is 67.8 Å². The maximum absolute atomic E-state index is 10.7. The lowest BCUT2D eigenvalue weighted by molar-refractivity contribution is -0.0893. The van der Waals surface area contributed by atoms with Crippen molar-refractivity contribution in [1.82, 2.24) is 0 Å². The molecule has 38 heavy (non-hydrogen) atoms. The van der Waals surface area contributed by atoms with Gasteiger partial charge in [0.15, 0.2) is 0 Å². The van der Waals surface area contributed by atoms with E-state index in [1.165, 1.54) is 0 Å². The molecule has 1 atom stereocenters. The highest BCUT2D eigenvalue weighted by Gasteiger charge is 2.36. The molecule has 0 saturated heterocycles. The molecule has 0 bridgehead atoms. The summed E-state index contributed by atoms with van der Waals surface area (Å²) in [6.07, 6.45) is 0. The molecule has 5 heteroatoms. The standard InChI is InChI=1S/C33H36BN2O2/c1-23-14-12-13-19-27(23)30(36-31(35)25-17-10-7-11-18-25)28-21-20-26(24-15-8-6-9-16-24)22-29(28)34-38-33(4,5)32(2,3)37/h6-22,30,37H,1-5H3,(H2,35,36). The molecule has 4 nitrogen and oxygen atoms in total. The van der Waals surface area contributed by atoms with Crippen LogP contribution in [-0.2, 0) is 4.65 Å². The average molecular weight is 503 g/mol. The van der Waals surface area contributed by atoms with Crippen LogP contribution in [0.2, 0.25) is 0 Å². The smallest absolute Gasteiger partial charge is 0.331 e. The van der Waals surface area contributed by atoms with E-state index in [4.69, 9.17) is 15.4 Å². The Labute approximate surface area is 227 Å². The highest BCUT2D eigenvalue weighted by molar-refractivity contribution is 6.48. The van der Waals surface area contributed by atoms with Gasteiger partial charge in [-0.05, 0) is 67.9 Å². The van der Waals surface area contributed by atoms with E-state index in [9.17, 15) is 5.11 Å².